The zero-order valence-corrected chi connectivity index (χ0v) is 10.1. The fourth-order valence-electron chi connectivity index (χ4n) is 1.72. The molecule has 0 fully saturated rings. The Labute approximate surface area is 98.3 Å². The quantitative estimate of drug-likeness (QED) is 0.458. The van der Waals surface area contributed by atoms with Crippen molar-refractivity contribution in [2.75, 3.05) is 14.2 Å². The van der Waals surface area contributed by atoms with Crippen LogP contribution in [-0.4, -0.2) is 25.1 Å². The van der Waals surface area contributed by atoms with Gasteiger partial charge < -0.3 is 9.47 Å². The summed E-state index contributed by atoms with van der Waals surface area (Å²) in [5, 5.41) is 10.9. The molecule has 0 heterocycles. The maximum atomic E-state index is 11.6. The number of nitro benzene ring substituents is 1. The van der Waals surface area contributed by atoms with E-state index in [1.807, 2.05) is 0 Å². The Morgan fingerprint density at radius 3 is 2.29 bits per heavy atom. The largest absolute Gasteiger partial charge is 0.490 e. The molecule has 6 nitrogen and oxygen atoms in total. The molecule has 17 heavy (non-hydrogen) atoms. The number of carbonyl (C=O) groups is 1. The SMILES string of the molecule is COC(=O)c1c(C)cc(C)c([N+](=O)[O-])c1OC. The van der Waals surface area contributed by atoms with Gasteiger partial charge in [-0.05, 0) is 25.5 Å². The summed E-state index contributed by atoms with van der Waals surface area (Å²) in [6, 6.07) is 1.56. The van der Waals surface area contributed by atoms with Gasteiger partial charge in [-0.25, -0.2) is 4.79 Å². The molecular weight excluding hydrogens is 226 g/mol. The highest BCUT2D eigenvalue weighted by molar-refractivity contribution is 5.96. The van der Waals surface area contributed by atoms with Gasteiger partial charge in [0.2, 0.25) is 5.75 Å². The van der Waals surface area contributed by atoms with E-state index in [0.717, 1.165) is 0 Å². The van der Waals surface area contributed by atoms with E-state index in [9.17, 15) is 14.9 Å². The molecule has 0 spiro atoms. The van der Waals surface area contributed by atoms with Crippen molar-refractivity contribution in [3.63, 3.8) is 0 Å². The van der Waals surface area contributed by atoms with Crippen LogP contribution in [0.4, 0.5) is 5.69 Å². The molecule has 1 rings (SSSR count). The average molecular weight is 239 g/mol. The number of esters is 1. The van der Waals surface area contributed by atoms with Gasteiger partial charge in [-0.15, -0.1) is 0 Å². The van der Waals surface area contributed by atoms with Crippen molar-refractivity contribution in [2.24, 2.45) is 0 Å². The summed E-state index contributed by atoms with van der Waals surface area (Å²) in [5.41, 5.74) is 0.902. The minimum absolute atomic E-state index is 0.0562. The summed E-state index contributed by atoms with van der Waals surface area (Å²) < 4.78 is 9.57. The van der Waals surface area contributed by atoms with Crippen LogP contribution in [0, 0.1) is 24.0 Å². The molecule has 1 aromatic rings. The zero-order valence-electron chi connectivity index (χ0n) is 10.1. The molecule has 0 bridgehead atoms. The third-order valence-electron chi connectivity index (χ3n) is 2.42. The number of hydrogen-bond donors (Lipinski definition) is 0. The molecule has 0 aromatic heterocycles. The summed E-state index contributed by atoms with van der Waals surface area (Å²) in [6.07, 6.45) is 0. The first kappa shape index (κ1) is 13.0. The van der Waals surface area contributed by atoms with E-state index >= 15 is 0 Å². The minimum atomic E-state index is -0.651. The molecule has 92 valence electrons. The molecule has 1 aromatic carbocycles. The Kier molecular flexibility index (Phi) is 3.67. The number of aryl methyl sites for hydroxylation is 2. The lowest BCUT2D eigenvalue weighted by atomic mass is 10.0. The minimum Gasteiger partial charge on any atom is -0.490 e. The Morgan fingerprint density at radius 2 is 1.88 bits per heavy atom. The third-order valence-corrected chi connectivity index (χ3v) is 2.42. The van der Waals surface area contributed by atoms with Crippen molar-refractivity contribution in [3.05, 3.63) is 32.9 Å². The van der Waals surface area contributed by atoms with Crippen LogP contribution in [0.2, 0.25) is 0 Å². The second-order valence-electron chi connectivity index (χ2n) is 3.52. The van der Waals surface area contributed by atoms with Gasteiger partial charge in [0.15, 0.2) is 0 Å². The number of ether oxygens (including phenoxy) is 2. The molecule has 0 aliphatic rings. The Balaban J connectivity index is 3.65. The van der Waals surface area contributed by atoms with Gasteiger partial charge in [-0.2, -0.15) is 0 Å². The topological polar surface area (TPSA) is 78.7 Å². The molecular formula is C11H13NO5. The summed E-state index contributed by atoms with van der Waals surface area (Å²) in [6.45, 7) is 3.26. The number of methoxy groups -OCH3 is 2. The van der Waals surface area contributed by atoms with Crippen molar-refractivity contribution in [1.29, 1.82) is 0 Å². The van der Waals surface area contributed by atoms with Crippen LogP contribution in [0.5, 0.6) is 5.75 Å². The van der Waals surface area contributed by atoms with Crippen molar-refractivity contribution in [3.8, 4) is 5.75 Å². The first-order valence-electron chi connectivity index (χ1n) is 4.84. The molecule has 0 N–H and O–H groups in total. The van der Waals surface area contributed by atoms with E-state index in [1.165, 1.54) is 14.2 Å². The van der Waals surface area contributed by atoms with Crippen LogP contribution in [0.15, 0.2) is 6.07 Å². The van der Waals surface area contributed by atoms with Gasteiger partial charge in [0.05, 0.1) is 19.1 Å². The molecule has 0 saturated heterocycles. The van der Waals surface area contributed by atoms with Gasteiger partial charge in [-0.1, -0.05) is 0 Å². The average Bonchev–Trinajstić information content (AvgIpc) is 2.26. The number of nitrogens with zero attached hydrogens (tertiary/aromatic N) is 1. The van der Waals surface area contributed by atoms with Gasteiger partial charge >= 0.3 is 11.7 Å². The Hall–Kier alpha value is -2.11. The van der Waals surface area contributed by atoms with Crippen LogP contribution >= 0.6 is 0 Å². The third kappa shape index (κ3) is 2.20. The molecule has 0 amide bonds. The lowest BCUT2D eigenvalue weighted by Crippen LogP contribution is -2.09. The number of nitro groups is 1. The van der Waals surface area contributed by atoms with E-state index < -0.39 is 10.9 Å². The van der Waals surface area contributed by atoms with Gasteiger partial charge in [0.1, 0.15) is 5.56 Å². The van der Waals surface area contributed by atoms with E-state index in [1.54, 1.807) is 19.9 Å². The highest BCUT2D eigenvalue weighted by Crippen LogP contribution is 2.36. The van der Waals surface area contributed by atoms with Crippen LogP contribution in [-0.2, 0) is 4.74 Å². The van der Waals surface area contributed by atoms with Crippen molar-refractivity contribution < 1.29 is 19.2 Å². The van der Waals surface area contributed by atoms with E-state index in [4.69, 9.17) is 4.74 Å². The molecule has 0 aliphatic heterocycles. The normalized spacial score (nSPS) is 9.88. The van der Waals surface area contributed by atoms with E-state index in [0.29, 0.717) is 11.1 Å². The molecule has 0 radical (unpaired) electrons. The smallest absolute Gasteiger partial charge is 0.342 e. The summed E-state index contributed by atoms with van der Waals surface area (Å²) >= 11 is 0. The van der Waals surface area contributed by atoms with Crippen molar-refractivity contribution >= 4 is 11.7 Å². The number of benzene rings is 1. The monoisotopic (exact) mass is 239 g/mol. The van der Waals surface area contributed by atoms with Crippen LogP contribution in [0.3, 0.4) is 0 Å². The predicted octanol–water partition coefficient (Wildman–Crippen LogP) is 2.01. The summed E-state index contributed by atoms with van der Waals surface area (Å²) in [4.78, 5) is 22.0. The van der Waals surface area contributed by atoms with Gasteiger partial charge in [0, 0.05) is 5.56 Å². The lowest BCUT2D eigenvalue weighted by molar-refractivity contribution is -0.386. The first-order valence-corrected chi connectivity index (χ1v) is 4.84. The van der Waals surface area contributed by atoms with E-state index in [2.05, 4.69) is 4.74 Å². The lowest BCUT2D eigenvalue weighted by Gasteiger charge is -2.11. The highest BCUT2D eigenvalue weighted by Gasteiger charge is 2.28. The summed E-state index contributed by atoms with van der Waals surface area (Å²) in [7, 11) is 2.50. The second kappa shape index (κ2) is 4.82. The van der Waals surface area contributed by atoms with Crippen molar-refractivity contribution in [2.45, 2.75) is 13.8 Å². The standard InChI is InChI=1S/C11H13NO5/c1-6-5-7(2)9(12(14)15)10(16-3)8(6)11(13)17-4/h5H,1-4H3. The second-order valence-corrected chi connectivity index (χ2v) is 3.52. The molecule has 0 atom stereocenters. The van der Waals surface area contributed by atoms with Crippen LogP contribution in [0.1, 0.15) is 21.5 Å². The number of carbonyl (C=O) groups excluding carboxylic acids is 1. The molecule has 0 aliphatic carbocycles. The number of rotatable bonds is 3. The molecule has 0 unspecified atom stereocenters. The maximum Gasteiger partial charge on any atom is 0.342 e. The highest BCUT2D eigenvalue weighted by atomic mass is 16.6. The fourth-order valence-corrected chi connectivity index (χ4v) is 1.72. The maximum absolute atomic E-state index is 11.6. The van der Waals surface area contributed by atoms with Gasteiger partial charge in [0.25, 0.3) is 0 Å². The van der Waals surface area contributed by atoms with E-state index in [-0.39, 0.29) is 17.0 Å². The molecule has 0 saturated carbocycles. The molecule has 6 heteroatoms. The summed E-state index contributed by atoms with van der Waals surface area (Å²) in [5.74, 6) is -0.707. The van der Waals surface area contributed by atoms with Crippen LogP contribution in [0.25, 0.3) is 0 Å². The first-order chi connectivity index (χ1) is 7.93. The van der Waals surface area contributed by atoms with Crippen LogP contribution < -0.4 is 4.74 Å². The Bertz CT molecular complexity index is 481. The number of hydrogen-bond acceptors (Lipinski definition) is 5. The fraction of sp³-hybridized carbons (Fsp3) is 0.364. The Morgan fingerprint density at radius 1 is 1.29 bits per heavy atom. The van der Waals surface area contributed by atoms with Crippen molar-refractivity contribution in [1.82, 2.24) is 0 Å². The zero-order chi connectivity index (χ0) is 13.2. The predicted molar refractivity (Wildman–Crippen MR) is 60.5 cm³/mol. The van der Waals surface area contributed by atoms with Gasteiger partial charge in [-0.3, -0.25) is 10.1 Å².